The smallest absolute Gasteiger partial charge is 0.418 e. The lowest BCUT2D eigenvalue weighted by Crippen LogP contribution is -2.51. The van der Waals surface area contributed by atoms with Crippen LogP contribution in [-0.2, 0) is 26.1 Å². The number of anilines is 1. The molecular weight excluding hydrogens is 554 g/mol. The number of fused-ring (bicyclic) bond motifs is 1. The molecule has 218 valence electrons. The van der Waals surface area contributed by atoms with E-state index in [4.69, 9.17) is 16.3 Å². The third-order valence-electron chi connectivity index (χ3n) is 7.06. The maximum atomic E-state index is 13.8. The number of hydrogen-bond donors (Lipinski definition) is 2. The van der Waals surface area contributed by atoms with E-state index in [1.165, 1.54) is 22.9 Å². The van der Waals surface area contributed by atoms with E-state index >= 15 is 0 Å². The molecule has 3 heterocycles. The summed E-state index contributed by atoms with van der Waals surface area (Å²) in [4.78, 5) is 27.9. The molecule has 2 N–H and O–H groups in total. The molecule has 1 aromatic carbocycles. The summed E-state index contributed by atoms with van der Waals surface area (Å²) >= 11 is 6.46. The van der Waals surface area contributed by atoms with Crippen LogP contribution in [0.5, 0.6) is 0 Å². The SMILES string of the molecule is CNc1cccn1CCC(NS(=O)(=O)c1cc2c(ccn2C(=O)OC(C)(C)C)cc1Cl)C(=O)N1CCC(C)CC1. The first-order valence-corrected chi connectivity index (χ1v) is 15.3. The monoisotopic (exact) mass is 591 g/mol. The van der Waals surface area contributed by atoms with E-state index in [0.29, 0.717) is 36.5 Å². The van der Waals surface area contributed by atoms with Gasteiger partial charge in [-0.05, 0) is 76.3 Å². The van der Waals surface area contributed by atoms with Crippen LogP contribution < -0.4 is 10.0 Å². The largest absolute Gasteiger partial charge is 0.443 e. The summed E-state index contributed by atoms with van der Waals surface area (Å²) in [6.07, 6.45) is 4.73. The summed E-state index contributed by atoms with van der Waals surface area (Å²) in [5.74, 6) is 1.12. The van der Waals surface area contributed by atoms with Crippen molar-refractivity contribution < 1.29 is 22.7 Å². The van der Waals surface area contributed by atoms with Crippen molar-refractivity contribution in [2.75, 3.05) is 25.5 Å². The van der Waals surface area contributed by atoms with Gasteiger partial charge < -0.3 is 19.5 Å². The second-order valence-electron chi connectivity index (χ2n) is 11.3. The number of carbonyl (C=O) groups excluding carboxylic acids is 2. The van der Waals surface area contributed by atoms with Crippen LogP contribution in [-0.4, -0.2) is 66.2 Å². The van der Waals surface area contributed by atoms with Gasteiger partial charge in [0, 0.05) is 44.5 Å². The van der Waals surface area contributed by atoms with Crippen molar-refractivity contribution in [3.05, 3.63) is 47.7 Å². The number of hydrogen-bond acceptors (Lipinski definition) is 6. The van der Waals surface area contributed by atoms with Crippen molar-refractivity contribution in [1.29, 1.82) is 0 Å². The summed E-state index contributed by atoms with van der Waals surface area (Å²) < 4.78 is 38.8. The Kier molecular flexibility index (Phi) is 8.86. The van der Waals surface area contributed by atoms with Crippen molar-refractivity contribution in [2.24, 2.45) is 5.92 Å². The maximum absolute atomic E-state index is 13.8. The number of ether oxygens (including phenoxy) is 1. The molecule has 0 aliphatic carbocycles. The van der Waals surface area contributed by atoms with Gasteiger partial charge in [-0.25, -0.2) is 13.2 Å². The van der Waals surface area contributed by atoms with E-state index in [2.05, 4.69) is 17.0 Å². The van der Waals surface area contributed by atoms with Gasteiger partial charge in [-0.1, -0.05) is 18.5 Å². The summed E-state index contributed by atoms with van der Waals surface area (Å²) in [5, 5.41) is 3.66. The van der Waals surface area contributed by atoms with E-state index in [0.717, 1.165) is 18.7 Å². The molecule has 2 aromatic heterocycles. The predicted octanol–water partition coefficient (Wildman–Crippen LogP) is 4.92. The fourth-order valence-electron chi connectivity index (χ4n) is 4.85. The molecule has 12 heteroatoms. The van der Waals surface area contributed by atoms with Gasteiger partial charge in [-0.15, -0.1) is 0 Å². The molecule has 0 spiro atoms. The zero-order chi connectivity index (χ0) is 29.2. The highest BCUT2D eigenvalue weighted by molar-refractivity contribution is 7.89. The second kappa shape index (κ2) is 11.8. The van der Waals surface area contributed by atoms with Crippen molar-refractivity contribution in [3.63, 3.8) is 0 Å². The van der Waals surface area contributed by atoms with Gasteiger partial charge in [0.25, 0.3) is 0 Å². The van der Waals surface area contributed by atoms with E-state index in [1.807, 2.05) is 22.9 Å². The van der Waals surface area contributed by atoms with Gasteiger partial charge in [0.05, 0.1) is 10.5 Å². The zero-order valence-electron chi connectivity index (χ0n) is 23.6. The van der Waals surface area contributed by atoms with E-state index < -0.39 is 27.8 Å². The lowest BCUT2D eigenvalue weighted by molar-refractivity contribution is -0.134. The van der Waals surface area contributed by atoms with Crippen LogP contribution in [0.1, 0.15) is 47.0 Å². The first kappa shape index (κ1) is 30.0. The highest BCUT2D eigenvalue weighted by atomic mass is 35.5. The molecule has 1 aliphatic rings. The molecule has 1 atom stereocenters. The van der Waals surface area contributed by atoms with Gasteiger partial charge in [0.15, 0.2) is 0 Å². The lowest BCUT2D eigenvalue weighted by Gasteiger charge is -2.33. The van der Waals surface area contributed by atoms with Gasteiger partial charge in [0.2, 0.25) is 15.9 Å². The van der Waals surface area contributed by atoms with Crippen molar-refractivity contribution in [2.45, 2.75) is 70.0 Å². The van der Waals surface area contributed by atoms with Crippen molar-refractivity contribution in [3.8, 4) is 0 Å². The summed E-state index contributed by atoms with van der Waals surface area (Å²) in [5.41, 5.74) is -0.401. The highest BCUT2D eigenvalue weighted by Gasteiger charge is 2.32. The molecule has 1 unspecified atom stereocenters. The molecule has 40 heavy (non-hydrogen) atoms. The van der Waals surface area contributed by atoms with E-state index in [-0.39, 0.29) is 22.2 Å². The molecular formula is C28H38ClN5O5S. The molecule has 0 saturated carbocycles. The van der Waals surface area contributed by atoms with Gasteiger partial charge in [-0.2, -0.15) is 4.72 Å². The normalized spacial score (nSPS) is 15.8. The Bertz CT molecular complexity index is 1480. The van der Waals surface area contributed by atoms with Gasteiger partial charge in [-0.3, -0.25) is 9.36 Å². The molecule has 1 saturated heterocycles. The number of benzene rings is 1. The highest BCUT2D eigenvalue weighted by Crippen LogP contribution is 2.30. The van der Waals surface area contributed by atoms with Crippen LogP contribution in [0.2, 0.25) is 5.02 Å². The van der Waals surface area contributed by atoms with Crippen LogP contribution >= 0.6 is 11.6 Å². The van der Waals surface area contributed by atoms with E-state index in [1.54, 1.807) is 38.8 Å². The molecule has 0 radical (unpaired) electrons. The Balaban J connectivity index is 1.65. The molecule has 10 nitrogen and oxygen atoms in total. The first-order valence-electron chi connectivity index (χ1n) is 13.5. The number of aromatic nitrogens is 2. The minimum atomic E-state index is -4.26. The Morgan fingerprint density at radius 1 is 1.15 bits per heavy atom. The maximum Gasteiger partial charge on any atom is 0.418 e. The molecule has 1 aliphatic heterocycles. The fraction of sp³-hybridized carbons (Fsp3) is 0.500. The molecule has 1 amide bonds. The molecule has 4 rings (SSSR count). The minimum Gasteiger partial charge on any atom is -0.443 e. The number of nitrogens with zero attached hydrogens (tertiary/aromatic N) is 3. The van der Waals surface area contributed by atoms with Crippen molar-refractivity contribution >= 4 is 50.3 Å². The van der Waals surface area contributed by atoms with Crippen LogP contribution in [0.4, 0.5) is 10.6 Å². The Labute approximate surface area is 240 Å². The Hall–Kier alpha value is -3.02. The molecule has 1 fully saturated rings. The number of nitrogens with one attached hydrogen (secondary N) is 2. The lowest BCUT2D eigenvalue weighted by atomic mass is 9.98. The Morgan fingerprint density at radius 2 is 1.85 bits per heavy atom. The summed E-state index contributed by atoms with van der Waals surface area (Å²) in [6.45, 7) is 8.99. The summed E-state index contributed by atoms with van der Waals surface area (Å²) in [7, 11) is -2.46. The zero-order valence-corrected chi connectivity index (χ0v) is 25.2. The number of piperidine rings is 1. The predicted molar refractivity (Wildman–Crippen MR) is 156 cm³/mol. The van der Waals surface area contributed by atoms with Crippen molar-refractivity contribution in [1.82, 2.24) is 18.8 Å². The fourth-order valence-corrected chi connectivity index (χ4v) is 6.63. The molecule has 0 bridgehead atoms. The van der Waals surface area contributed by atoms with Crippen LogP contribution in [0, 0.1) is 5.92 Å². The quantitative estimate of drug-likeness (QED) is 0.384. The van der Waals surface area contributed by atoms with Crippen LogP contribution in [0.25, 0.3) is 10.9 Å². The standard InChI is InChI=1S/C28H38ClN5O5S/c1-19-8-13-33(14-9-19)26(35)22(11-15-32-12-6-7-25(32)30-5)31-40(37,38)24-18-23-20(17-21(24)29)10-16-34(23)27(36)39-28(2,3)4/h6-7,10,12,16-19,22,30-31H,8-9,11,13-15H2,1-5H3. The average molecular weight is 592 g/mol. The third-order valence-corrected chi connectivity index (χ3v) is 9.00. The number of likely N-dealkylation sites (tertiary alicyclic amines) is 1. The van der Waals surface area contributed by atoms with Crippen LogP contribution in [0.3, 0.4) is 0 Å². The van der Waals surface area contributed by atoms with E-state index in [9.17, 15) is 18.0 Å². The molecule has 3 aromatic rings. The number of rotatable bonds is 8. The second-order valence-corrected chi connectivity index (χ2v) is 13.4. The average Bonchev–Trinajstić information content (AvgIpc) is 3.51. The van der Waals surface area contributed by atoms with Gasteiger partial charge in [0.1, 0.15) is 22.4 Å². The summed E-state index contributed by atoms with van der Waals surface area (Å²) in [6, 6.07) is 7.28. The number of sulfonamides is 1. The number of aryl methyl sites for hydroxylation is 1. The van der Waals surface area contributed by atoms with Gasteiger partial charge >= 0.3 is 6.09 Å². The number of halogens is 1. The Morgan fingerprint density at radius 3 is 2.50 bits per heavy atom. The number of carbonyl (C=O) groups is 2. The first-order chi connectivity index (χ1) is 18.8. The third kappa shape index (κ3) is 6.82. The number of amides is 1. The topological polar surface area (TPSA) is 115 Å². The van der Waals surface area contributed by atoms with Crippen LogP contribution in [0.15, 0.2) is 47.6 Å². The minimum absolute atomic E-state index is 0.0113.